The topological polar surface area (TPSA) is 49.8 Å². The van der Waals surface area contributed by atoms with Crippen molar-refractivity contribution in [2.24, 2.45) is 0 Å². The zero-order chi connectivity index (χ0) is 10.8. The van der Waals surface area contributed by atoms with E-state index in [0.29, 0.717) is 0 Å². The summed E-state index contributed by atoms with van der Waals surface area (Å²) in [6.45, 7) is 0. The summed E-state index contributed by atoms with van der Waals surface area (Å²) in [7, 11) is 0. The van der Waals surface area contributed by atoms with Crippen LogP contribution < -0.4 is 10.6 Å². The van der Waals surface area contributed by atoms with E-state index in [1.54, 1.807) is 6.33 Å². The Balaban J connectivity index is 2.16. The predicted octanol–water partition coefficient (Wildman–Crippen LogP) is 2.45. The van der Waals surface area contributed by atoms with E-state index in [0.717, 1.165) is 22.8 Å². The molecule has 0 aliphatic carbocycles. The van der Waals surface area contributed by atoms with Gasteiger partial charge in [0.2, 0.25) is 0 Å². The molecule has 3 rings (SSSR count). The molecule has 0 saturated heterocycles. The lowest BCUT2D eigenvalue weighted by Crippen LogP contribution is -2.06. The van der Waals surface area contributed by atoms with Gasteiger partial charge in [0, 0.05) is 18.0 Å². The van der Waals surface area contributed by atoms with Gasteiger partial charge in [0.15, 0.2) is 5.82 Å². The normalized spacial score (nSPS) is 12.5. The third-order valence-electron chi connectivity index (χ3n) is 2.43. The van der Waals surface area contributed by atoms with Crippen molar-refractivity contribution < 1.29 is 0 Å². The highest BCUT2D eigenvalue weighted by Crippen LogP contribution is 2.31. The lowest BCUT2D eigenvalue weighted by atomic mass is 10.1. The number of fused-ring (bicyclic) bond motifs is 1. The number of hydrogen-bond donors (Lipinski definition) is 2. The summed E-state index contributed by atoms with van der Waals surface area (Å²) >= 11 is 0. The van der Waals surface area contributed by atoms with Gasteiger partial charge in [0.05, 0.1) is 5.69 Å². The van der Waals surface area contributed by atoms with E-state index in [1.807, 2.05) is 42.7 Å². The zero-order valence-electron chi connectivity index (χ0n) is 8.51. The summed E-state index contributed by atoms with van der Waals surface area (Å²) in [4.78, 5) is 8.48. The lowest BCUT2D eigenvalue weighted by Gasteiger charge is -2.15. The molecule has 1 aliphatic rings. The molecule has 0 fully saturated rings. The summed E-state index contributed by atoms with van der Waals surface area (Å²) in [6.07, 6.45) is 5.21. The van der Waals surface area contributed by atoms with Gasteiger partial charge >= 0.3 is 0 Å². The van der Waals surface area contributed by atoms with Crippen LogP contribution in [0.25, 0.3) is 11.3 Å². The molecule has 1 aromatic heterocycles. The molecule has 0 amide bonds. The highest BCUT2D eigenvalue weighted by Gasteiger charge is 2.12. The SMILES string of the molecule is C1=CNc2c(ncnc2-c2ccccc2)N1. The number of rotatable bonds is 1. The van der Waals surface area contributed by atoms with Crippen molar-refractivity contribution in [1.82, 2.24) is 9.97 Å². The smallest absolute Gasteiger partial charge is 0.157 e. The van der Waals surface area contributed by atoms with Crippen molar-refractivity contribution in [2.45, 2.75) is 0 Å². The van der Waals surface area contributed by atoms with Crippen molar-refractivity contribution in [3.8, 4) is 11.3 Å². The van der Waals surface area contributed by atoms with Gasteiger partial charge < -0.3 is 10.6 Å². The Kier molecular flexibility index (Phi) is 2.04. The van der Waals surface area contributed by atoms with Crippen molar-refractivity contribution in [3.05, 3.63) is 49.1 Å². The maximum absolute atomic E-state index is 4.31. The Morgan fingerprint density at radius 2 is 1.69 bits per heavy atom. The van der Waals surface area contributed by atoms with E-state index in [4.69, 9.17) is 0 Å². The molecule has 0 spiro atoms. The Hall–Kier alpha value is -2.36. The first-order valence-electron chi connectivity index (χ1n) is 5.03. The standard InChI is InChI=1S/C12H10N4/c1-2-4-9(5-3-1)10-11-12(16-8-15-10)14-7-6-13-11/h1-8,13H,(H,14,15,16). The van der Waals surface area contributed by atoms with Crippen LogP contribution in [0, 0.1) is 0 Å². The molecular formula is C12H10N4. The molecule has 0 unspecified atom stereocenters. The fourth-order valence-electron chi connectivity index (χ4n) is 1.69. The second-order valence-electron chi connectivity index (χ2n) is 3.43. The van der Waals surface area contributed by atoms with E-state index in [1.165, 1.54) is 0 Å². The van der Waals surface area contributed by atoms with Crippen LogP contribution in [0.2, 0.25) is 0 Å². The maximum Gasteiger partial charge on any atom is 0.157 e. The molecule has 2 aromatic rings. The quantitative estimate of drug-likeness (QED) is 0.759. The van der Waals surface area contributed by atoms with Crippen LogP contribution in [0.15, 0.2) is 49.1 Å². The third-order valence-corrected chi connectivity index (χ3v) is 2.43. The molecule has 78 valence electrons. The van der Waals surface area contributed by atoms with Crippen molar-refractivity contribution in [1.29, 1.82) is 0 Å². The number of anilines is 2. The van der Waals surface area contributed by atoms with Crippen LogP contribution in [0.4, 0.5) is 11.5 Å². The van der Waals surface area contributed by atoms with Crippen LogP contribution in [-0.4, -0.2) is 9.97 Å². The Morgan fingerprint density at radius 1 is 0.875 bits per heavy atom. The summed E-state index contributed by atoms with van der Waals surface area (Å²) in [6, 6.07) is 10.0. The maximum atomic E-state index is 4.31. The van der Waals surface area contributed by atoms with Crippen molar-refractivity contribution in [3.63, 3.8) is 0 Å². The molecular weight excluding hydrogens is 200 g/mol. The molecule has 0 radical (unpaired) electrons. The molecule has 4 nitrogen and oxygen atoms in total. The minimum Gasteiger partial charge on any atom is -0.356 e. The second-order valence-corrected chi connectivity index (χ2v) is 3.43. The average molecular weight is 210 g/mol. The third kappa shape index (κ3) is 1.40. The van der Waals surface area contributed by atoms with Gasteiger partial charge in [0.1, 0.15) is 12.0 Å². The predicted molar refractivity (Wildman–Crippen MR) is 63.9 cm³/mol. The molecule has 0 saturated carbocycles. The summed E-state index contributed by atoms with van der Waals surface area (Å²) < 4.78 is 0. The van der Waals surface area contributed by atoms with Gasteiger partial charge in [-0.05, 0) is 0 Å². The first-order chi connectivity index (χ1) is 7.95. The summed E-state index contributed by atoms with van der Waals surface area (Å²) in [5.74, 6) is 0.802. The van der Waals surface area contributed by atoms with Crippen molar-refractivity contribution >= 4 is 11.5 Å². The van der Waals surface area contributed by atoms with E-state index >= 15 is 0 Å². The molecule has 1 aromatic carbocycles. The monoisotopic (exact) mass is 210 g/mol. The van der Waals surface area contributed by atoms with Crippen LogP contribution in [0.1, 0.15) is 0 Å². The van der Waals surface area contributed by atoms with Gasteiger partial charge in [-0.2, -0.15) is 0 Å². The van der Waals surface area contributed by atoms with Gasteiger partial charge in [-0.25, -0.2) is 9.97 Å². The number of nitrogens with zero attached hydrogens (tertiary/aromatic N) is 2. The van der Waals surface area contributed by atoms with Gasteiger partial charge in [-0.15, -0.1) is 0 Å². The average Bonchev–Trinajstić information content (AvgIpc) is 2.39. The van der Waals surface area contributed by atoms with Crippen molar-refractivity contribution in [2.75, 3.05) is 10.6 Å². The summed E-state index contributed by atoms with van der Waals surface area (Å²) in [5, 5.41) is 6.24. The minimum atomic E-state index is 0.802. The number of hydrogen-bond acceptors (Lipinski definition) is 4. The number of aromatic nitrogens is 2. The van der Waals surface area contributed by atoms with E-state index in [2.05, 4.69) is 20.6 Å². The largest absolute Gasteiger partial charge is 0.356 e. The lowest BCUT2D eigenvalue weighted by molar-refractivity contribution is 1.16. The molecule has 0 bridgehead atoms. The molecule has 2 N–H and O–H groups in total. The first kappa shape index (κ1) is 8.91. The molecule has 1 aliphatic heterocycles. The van der Waals surface area contributed by atoms with E-state index in [9.17, 15) is 0 Å². The van der Waals surface area contributed by atoms with E-state index in [-0.39, 0.29) is 0 Å². The molecule has 16 heavy (non-hydrogen) atoms. The van der Waals surface area contributed by atoms with Gasteiger partial charge in [-0.1, -0.05) is 30.3 Å². The highest BCUT2D eigenvalue weighted by molar-refractivity contribution is 5.84. The van der Waals surface area contributed by atoms with Gasteiger partial charge in [0.25, 0.3) is 0 Å². The Morgan fingerprint density at radius 3 is 2.56 bits per heavy atom. The molecule has 0 atom stereocenters. The van der Waals surface area contributed by atoms with E-state index < -0.39 is 0 Å². The molecule has 4 heteroatoms. The Labute approximate surface area is 93.1 Å². The fraction of sp³-hybridized carbons (Fsp3) is 0. The molecule has 2 heterocycles. The number of nitrogens with one attached hydrogen (secondary N) is 2. The summed E-state index contributed by atoms with van der Waals surface area (Å²) in [5.41, 5.74) is 2.89. The highest BCUT2D eigenvalue weighted by atomic mass is 15.1. The number of benzene rings is 1. The second kappa shape index (κ2) is 3.66. The van der Waals surface area contributed by atoms with Crippen LogP contribution in [0.5, 0.6) is 0 Å². The zero-order valence-corrected chi connectivity index (χ0v) is 8.51. The first-order valence-corrected chi connectivity index (χ1v) is 5.03. The Bertz CT molecular complexity index is 534. The van der Waals surface area contributed by atoms with Crippen LogP contribution in [-0.2, 0) is 0 Å². The van der Waals surface area contributed by atoms with Crippen LogP contribution >= 0.6 is 0 Å². The fourth-order valence-corrected chi connectivity index (χ4v) is 1.69. The van der Waals surface area contributed by atoms with Gasteiger partial charge in [-0.3, -0.25) is 0 Å². The van der Waals surface area contributed by atoms with Crippen LogP contribution in [0.3, 0.4) is 0 Å². The minimum absolute atomic E-state index is 0.802.